The van der Waals surface area contributed by atoms with E-state index in [1.54, 1.807) is 7.11 Å². The Morgan fingerprint density at radius 1 is 1.43 bits per heavy atom. The lowest BCUT2D eigenvalue weighted by Crippen LogP contribution is -2.38. The van der Waals surface area contributed by atoms with Crippen molar-refractivity contribution >= 4 is 0 Å². The van der Waals surface area contributed by atoms with Gasteiger partial charge >= 0.3 is 0 Å². The van der Waals surface area contributed by atoms with Crippen molar-refractivity contribution < 1.29 is 4.74 Å². The zero-order valence-electron chi connectivity index (χ0n) is 10.2. The first-order valence-corrected chi connectivity index (χ1v) is 5.59. The number of rotatable bonds is 9. The quantitative estimate of drug-likeness (QED) is 0.571. The van der Waals surface area contributed by atoms with E-state index < -0.39 is 0 Å². The molecule has 0 aliphatic rings. The average Bonchev–Trinajstić information content (AvgIpc) is 2.17. The van der Waals surface area contributed by atoms with E-state index in [4.69, 9.17) is 4.74 Å². The fourth-order valence-electron chi connectivity index (χ4n) is 1.62. The van der Waals surface area contributed by atoms with Gasteiger partial charge in [0.05, 0.1) is 0 Å². The van der Waals surface area contributed by atoms with Gasteiger partial charge < -0.3 is 15.0 Å². The third kappa shape index (κ3) is 7.30. The smallest absolute Gasteiger partial charge is 0.0474 e. The SMILES string of the molecule is CCCC(CN(C)CCCOC)NC. The lowest BCUT2D eigenvalue weighted by atomic mass is 10.1. The van der Waals surface area contributed by atoms with Crippen LogP contribution in [-0.4, -0.2) is 51.8 Å². The predicted molar refractivity (Wildman–Crippen MR) is 61.7 cm³/mol. The molecule has 0 aromatic rings. The average molecular weight is 202 g/mol. The van der Waals surface area contributed by atoms with Gasteiger partial charge in [-0.1, -0.05) is 13.3 Å². The van der Waals surface area contributed by atoms with Gasteiger partial charge in [-0.3, -0.25) is 0 Å². The Labute approximate surface area is 88.8 Å². The van der Waals surface area contributed by atoms with E-state index in [1.807, 2.05) is 7.05 Å². The van der Waals surface area contributed by atoms with E-state index in [2.05, 4.69) is 24.2 Å². The van der Waals surface area contributed by atoms with E-state index in [0.717, 1.165) is 26.1 Å². The van der Waals surface area contributed by atoms with E-state index >= 15 is 0 Å². The third-order valence-corrected chi connectivity index (χ3v) is 2.47. The lowest BCUT2D eigenvalue weighted by molar-refractivity contribution is 0.176. The summed E-state index contributed by atoms with van der Waals surface area (Å²) < 4.78 is 5.03. The molecule has 1 unspecified atom stereocenters. The monoisotopic (exact) mass is 202 g/mol. The summed E-state index contributed by atoms with van der Waals surface area (Å²) in [6.45, 7) is 5.35. The molecule has 0 aromatic heterocycles. The van der Waals surface area contributed by atoms with Crippen LogP contribution in [0, 0.1) is 0 Å². The van der Waals surface area contributed by atoms with Crippen LogP contribution in [0.25, 0.3) is 0 Å². The maximum absolute atomic E-state index is 5.03. The second-order valence-corrected chi connectivity index (χ2v) is 3.88. The number of hydrogen-bond donors (Lipinski definition) is 1. The van der Waals surface area contributed by atoms with Gasteiger partial charge in [0.25, 0.3) is 0 Å². The fraction of sp³-hybridized carbons (Fsp3) is 1.00. The molecule has 14 heavy (non-hydrogen) atoms. The number of hydrogen-bond acceptors (Lipinski definition) is 3. The summed E-state index contributed by atoms with van der Waals surface area (Å²) in [4.78, 5) is 2.37. The summed E-state index contributed by atoms with van der Waals surface area (Å²) in [5, 5.41) is 3.35. The van der Waals surface area contributed by atoms with Gasteiger partial charge in [0.1, 0.15) is 0 Å². The Morgan fingerprint density at radius 3 is 2.64 bits per heavy atom. The fourth-order valence-corrected chi connectivity index (χ4v) is 1.62. The normalized spacial score (nSPS) is 13.5. The van der Waals surface area contributed by atoms with Crippen LogP contribution < -0.4 is 5.32 Å². The molecule has 1 atom stereocenters. The van der Waals surface area contributed by atoms with E-state index in [0.29, 0.717) is 6.04 Å². The van der Waals surface area contributed by atoms with Gasteiger partial charge in [-0.15, -0.1) is 0 Å². The van der Waals surface area contributed by atoms with Crippen molar-refractivity contribution in [3.8, 4) is 0 Å². The molecule has 0 aliphatic carbocycles. The number of nitrogens with one attached hydrogen (secondary N) is 1. The highest BCUT2D eigenvalue weighted by Crippen LogP contribution is 1.99. The molecular formula is C11H26N2O. The van der Waals surface area contributed by atoms with Crippen LogP contribution in [-0.2, 0) is 4.74 Å². The summed E-state index contributed by atoms with van der Waals surface area (Å²) in [6.07, 6.45) is 3.62. The standard InChI is InChI=1S/C11H26N2O/c1-5-7-11(12-2)10-13(3)8-6-9-14-4/h11-12H,5-10H2,1-4H3. The first kappa shape index (κ1) is 13.9. The number of likely N-dealkylation sites (N-methyl/N-ethyl adjacent to an activating group) is 2. The Morgan fingerprint density at radius 2 is 2.14 bits per heavy atom. The molecule has 0 aliphatic heterocycles. The molecule has 0 rings (SSSR count). The number of nitrogens with zero attached hydrogens (tertiary/aromatic N) is 1. The second-order valence-electron chi connectivity index (χ2n) is 3.88. The molecule has 0 saturated heterocycles. The van der Waals surface area contributed by atoms with E-state index in [1.165, 1.54) is 12.8 Å². The van der Waals surface area contributed by atoms with Crippen molar-refractivity contribution in [1.29, 1.82) is 0 Å². The van der Waals surface area contributed by atoms with Crippen LogP contribution in [0.1, 0.15) is 26.2 Å². The highest BCUT2D eigenvalue weighted by atomic mass is 16.5. The second kappa shape index (κ2) is 9.44. The minimum Gasteiger partial charge on any atom is -0.385 e. The predicted octanol–water partition coefficient (Wildman–Crippen LogP) is 1.34. The van der Waals surface area contributed by atoms with Gasteiger partial charge in [-0.2, -0.15) is 0 Å². The minimum absolute atomic E-state index is 0.632. The molecule has 0 bridgehead atoms. The van der Waals surface area contributed by atoms with E-state index in [9.17, 15) is 0 Å². The Bertz CT molecular complexity index is 120. The maximum atomic E-state index is 5.03. The molecule has 0 heterocycles. The largest absolute Gasteiger partial charge is 0.385 e. The summed E-state index contributed by atoms with van der Waals surface area (Å²) in [7, 11) is 5.98. The van der Waals surface area contributed by atoms with Gasteiger partial charge in [-0.25, -0.2) is 0 Å². The number of methoxy groups -OCH3 is 1. The molecule has 0 fully saturated rings. The molecule has 0 spiro atoms. The molecular weight excluding hydrogens is 176 g/mol. The van der Waals surface area contributed by atoms with Crippen molar-refractivity contribution in [2.75, 3.05) is 40.9 Å². The van der Waals surface area contributed by atoms with Crippen LogP contribution in [0.4, 0.5) is 0 Å². The van der Waals surface area contributed by atoms with Crippen LogP contribution in [0.2, 0.25) is 0 Å². The van der Waals surface area contributed by atoms with Crippen molar-refractivity contribution in [3.05, 3.63) is 0 Å². The van der Waals surface area contributed by atoms with Crippen LogP contribution in [0.3, 0.4) is 0 Å². The molecule has 0 saturated carbocycles. The van der Waals surface area contributed by atoms with Gasteiger partial charge in [-0.05, 0) is 26.9 Å². The zero-order chi connectivity index (χ0) is 10.8. The summed E-state index contributed by atoms with van der Waals surface area (Å²) >= 11 is 0. The molecule has 0 amide bonds. The molecule has 1 N–H and O–H groups in total. The number of ether oxygens (including phenoxy) is 1. The zero-order valence-corrected chi connectivity index (χ0v) is 10.2. The molecule has 3 nitrogen and oxygen atoms in total. The van der Waals surface area contributed by atoms with Crippen molar-refractivity contribution in [1.82, 2.24) is 10.2 Å². The van der Waals surface area contributed by atoms with Gasteiger partial charge in [0.15, 0.2) is 0 Å². The van der Waals surface area contributed by atoms with Crippen molar-refractivity contribution in [2.24, 2.45) is 0 Å². The van der Waals surface area contributed by atoms with Crippen LogP contribution in [0.5, 0.6) is 0 Å². The summed E-state index contributed by atoms with van der Waals surface area (Å²) in [5.41, 5.74) is 0. The first-order valence-electron chi connectivity index (χ1n) is 5.59. The van der Waals surface area contributed by atoms with Crippen LogP contribution >= 0.6 is 0 Å². The summed E-state index contributed by atoms with van der Waals surface area (Å²) in [5.74, 6) is 0. The third-order valence-electron chi connectivity index (χ3n) is 2.47. The topological polar surface area (TPSA) is 24.5 Å². The molecule has 0 aromatic carbocycles. The Balaban J connectivity index is 3.51. The Hall–Kier alpha value is -0.120. The molecule has 0 radical (unpaired) electrons. The highest BCUT2D eigenvalue weighted by molar-refractivity contribution is 4.67. The van der Waals surface area contributed by atoms with Gasteiger partial charge in [0, 0.05) is 32.8 Å². The lowest BCUT2D eigenvalue weighted by Gasteiger charge is -2.23. The molecule has 3 heteroatoms. The summed E-state index contributed by atoms with van der Waals surface area (Å²) in [6, 6.07) is 0.632. The van der Waals surface area contributed by atoms with Crippen LogP contribution in [0.15, 0.2) is 0 Å². The van der Waals surface area contributed by atoms with E-state index in [-0.39, 0.29) is 0 Å². The maximum Gasteiger partial charge on any atom is 0.0474 e. The Kier molecular flexibility index (Phi) is 9.35. The minimum atomic E-state index is 0.632. The van der Waals surface area contributed by atoms with Gasteiger partial charge in [0.2, 0.25) is 0 Å². The van der Waals surface area contributed by atoms with Crippen molar-refractivity contribution in [2.45, 2.75) is 32.2 Å². The molecule has 86 valence electrons. The first-order chi connectivity index (χ1) is 6.74. The van der Waals surface area contributed by atoms with Crippen molar-refractivity contribution in [3.63, 3.8) is 0 Å². The highest BCUT2D eigenvalue weighted by Gasteiger charge is 2.07.